The number of hydrogen-bond acceptors (Lipinski definition) is 6. The number of para-hydroxylation sites is 1. The van der Waals surface area contributed by atoms with Gasteiger partial charge in [-0.1, -0.05) is 41.9 Å². The number of hydrogen-bond donors (Lipinski definition) is 1. The first kappa shape index (κ1) is 23.3. The molecule has 1 unspecified atom stereocenters. The van der Waals surface area contributed by atoms with Crippen LogP contribution in [0.5, 0.6) is 5.75 Å². The van der Waals surface area contributed by atoms with E-state index in [9.17, 15) is 9.90 Å². The number of carbonyl (C=O) groups excluding carboxylic acids is 1. The molecule has 9 heteroatoms. The number of rotatable bonds is 7. The van der Waals surface area contributed by atoms with Gasteiger partial charge in [-0.2, -0.15) is 0 Å². The van der Waals surface area contributed by atoms with Crippen molar-refractivity contribution in [1.29, 1.82) is 0 Å². The van der Waals surface area contributed by atoms with Gasteiger partial charge in [-0.15, -0.1) is 0 Å². The summed E-state index contributed by atoms with van der Waals surface area (Å²) in [5, 5.41) is 11.6. The van der Waals surface area contributed by atoms with E-state index in [1.807, 2.05) is 70.3 Å². The molecule has 1 N–H and O–H groups in total. The molecule has 35 heavy (non-hydrogen) atoms. The number of benzene rings is 2. The van der Waals surface area contributed by atoms with E-state index in [-0.39, 0.29) is 12.5 Å². The van der Waals surface area contributed by atoms with Gasteiger partial charge in [-0.05, 0) is 29.8 Å². The van der Waals surface area contributed by atoms with Crippen LogP contribution in [0.25, 0.3) is 27.8 Å². The highest BCUT2D eigenvalue weighted by Crippen LogP contribution is 2.35. The summed E-state index contributed by atoms with van der Waals surface area (Å²) in [5.74, 6) is 0.718. The van der Waals surface area contributed by atoms with Crippen LogP contribution in [0.2, 0.25) is 5.15 Å². The van der Waals surface area contributed by atoms with Gasteiger partial charge in [-0.25, -0.2) is 9.97 Å². The van der Waals surface area contributed by atoms with Gasteiger partial charge >= 0.3 is 0 Å². The molecule has 1 saturated heterocycles. The zero-order valence-electron chi connectivity index (χ0n) is 19.3. The Bertz CT molecular complexity index is 1330. The predicted octanol–water partition coefficient (Wildman–Crippen LogP) is 3.25. The Morgan fingerprint density at radius 3 is 2.60 bits per heavy atom. The summed E-state index contributed by atoms with van der Waals surface area (Å²) in [6.45, 7) is 2.29. The van der Waals surface area contributed by atoms with Gasteiger partial charge in [0.1, 0.15) is 35.6 Å². The SMILES string of the molecule is CN1CCN(CC(O)COc2ccc(-c3cn(-c4ccccc4)c4ncnc(Cl)c34)cc2)CC1=O. The van der Waals surface area contributed by atoms with Gasteiger partial charge in [0.15, 0.2) is 0 Å². The summed E-state index contributed by atoms with van der Waals surface area (Å²) in [6.07, 6.45) is 2.79. The molecule has 0 aliphatic carbocycles. The Hall–Kier alpha value is -3.46. The summed E-state index contributed by atoms with van der Waals surface area (Å²) in [7, 11) is 1.79. The molecule has 0 bridgehead atoms. The number of piperazine rings is 1. The number of aliphatic hydroxyl groups is 1. The van der Waals surface area contributed by atoms with Crippen molar-refractivity contribution >= 4 is 28.5 Å². The lowest BCUT2D eigenvalue weighted by molar-refractivity contribution is -0.135. The fraction of sp³-hybridized carbons (Fsp3) is 0.269. The standard InChI is InChI=1S/C26H26ClN5O3/c1-30-11-12-31(15-23(30)34)13-20(33)16-35-21-9-7-18(8-10-21)22-14-32(19-5-3-2-4-6-19)26-24(22)25(27)28-17-29-26/h2-10,14,17,20,33H,11-13,15-16H2,1H3. The second-order valence-corrected chi connectivity index (χ2v) is 9.01. The van der Waals surface area contributed by atoms with Crippen molar-refractivity contribution in [3.63, 3.8) is 0 Å². The van der Waals surface area contributed by atoms with Crippen LogP contribution < -0.4 is 4.74 Å². The highest BCUT2D eigenvalue weighted by atomic mass is 35.5. The third-order valence-corrected chi connectivity index (χ3v) is 6.47. The van der Waals surface area contributed by atoms with E-state index in [4.69, 9.17) is 16.3 Å². The number of nitrogens with zero attached hydrogens (tertiary/aromatic N) is 5. The van der Waals surface area contributed by atoms with Crippen LogP contribution in [0.15, 0.2) is 67.1 Å². The maximum Gasteiger partial charge on any atom is 0.236 e. The monoisotopic (exact) mass is 491 g/mol. The number of ether oxygens (including phenoxy) is 1. The number of amides is 1. The summed E-state index contributed by atoms with van der Waals surface area (Å²) >= 11 is 6.48. The average molecular weight is 492 g/mol. The minimum Gasteiger partial charge on any atom is -0.491 e. The Morgan fingerprint density at radius 2 is 1.86 bits per heavy atom. The number of β-amino-alcohol motifs (C(OH)–C–C–N with tert-alkyl or cyclic N) is 1. The highest BCUT2D eigenvalue weighted by Gasteiger charge is 2.23. The second kappa shape index (κ2) is 10.0. The molecular weight excluding hydrogens is 466 g/mol. The van der Waals surface area contributed by atoms with Crippen LogP contribution in [0, 0.1) is 0 Å². The first-order valence-corrected chi connectivity index (χ1v) is 11.8. The van der Waals surface area contributed by atoms with Crippen LogP contribution in [-0.2, 0) is 4.79 Å². The fourth-order valence-corrected chi connectivity index (χ4v) is 4.50. The highest BCUT2D eigenvalue weighted by molar-refractivity contribution is 6.35. The Balaban J connectivity index is 1.30. The summed E-state index contributed by atoms with van der Waals surface area (Å²) < 4.78 is 7.81. The van der Waals surface area contributed by atoms with Gasteiger partial charge in [0.2, 0.25) is 5.91 Å². The Kier molecular flexibility index (Phi) is 6.68. The third-order valence-electron chi connectivity index (χ3n) is 6.18. The van der Waals surface area contributed by atoms with Gasteiger partial charge in [-0.3, -0.25) is 9.69 Å². The van der Waals surface area contributed by atoms with E-state index in [2.05, 4.69) is 9.97 Å². The molecule has 1 aliphatic heterocycles. The molecule has 180 valence electrons. The van der Waals surface area contributed by atoms with Gasteiger partial charge in [0, 0.05) is 44.1 Å². The zero-order valence-corrected chi connectivity index (χ0v) is 20.1. The van der Waals surface area contributed by atoms with Crippen molar-refractivity contribution in [2.45, 2.75) is 6.10 Å². The number of aromatic nitrogens is 3. The van der Waals surface area contributed by atoms with E-state index in [0.717, 1.165) is 34.4 Å². The molecule has 2 aromatic heterocycles. The van der Waals surface area contributed by atoms with Crippen LogP contribution >= 0.6 is 11.6 Å². The molecule has 2 aromatic carbocycles. The van der Waals surface area contributed by atoms with Crippen LogP contribution in [0.4, 0.5) is 0 Å². The van der Waals surface area contributed by atoms with Crippen molar-refractivity contribution in [1.82, 2.24) is 24.3 Å². The average Bonchev–Trinajstić information content (AvgIpc) is 3.27. The molecular formula is C26H26ClN5O3. The van der Waals surface area contributed by atoms with Crippen molar-refractivity contribution < 1.29 is 14.6 Å². The van der Waals surface area contributed by atoms with E-state index in [1.54, 1.807) is 11.9 Å². The number of halogens is 1. The van der Waals surface area contributed by atoms with Crippen LogP contribution in [-0.4, -0.2) is 81.3 Å². The van der Waals surface area contributed by atoms with E-state index in [0.29, 0.717) is 30.5 Å². The molecule has 0 spiro atoms. The second-order valence-electron chi connectivity index (χ2n) is 8.65. The van der Waals surface area contributed by atoms with Gasteiger partial charge in [0.05, 0.1) is 11.9 Å². The maximum absolute atomic E-state index is 11.9. The van der Waals surface area contributed by atoms with Crippen LogP contribution in [0.1, 0.15) is 0 Å². The zero-order chi connectivity index (χ0) is 24.4. The molecule has 0 radical (unpaired) electrons. The number of aliphatic hydroxyl groups excluding tert-OH is 1. The number of carbonyl (C=O) groups is 1. The molecule has 1 aliphatic rings. The molecule has 3 heterocycles. The predicted molar refractivity (Wildman–Crippen MR) is 135 cm³/mol. The summed E-state index contributed by atoms with van der Waals surface area (Å²) in [5.41, 5.74) is 3.58. The van der Waals surface area contributed by atoms with E-state index >= 15 is 0 Å². The van der Waals surface area contributed by atoms with Gasteiger partial charge in [0.25, 0.3) is 0 Å². The molecule has 4 aromatic rings. The number of fused-ring (bicyclic) bond motifs is 1. The maximum atomic E-state index is 11.9. The van der Waals surface area contributed by atoms with Crippen LogP contribution in [0.3, 0.4) is 0 Å². The lowest BCUT2D eigenvalue weighted by atomic mass is 10.1. The molecule has 1 amide bonds. The molecule has 1 atom stereocenters. The quantitative estimate of drug-likeness (QED) is 0.399. The first-order chi connectivity index (χ1) is 17.0. The van der Waals surface area contributed by atoms with E-state index in [1.165, 1.54) is 6.33 Å². The smallest absolute Gasteiger partial charge is 0.236 e. The first-order valence-electron chi connectivity index (χ1n) is 11.4. The third kappa shape index (κ3) is 5.00. The summed E-state index contributed by atoms with van der Waals surface area (Å²) in [4.78, 5) is 24.2. The molecule has 5 rings (SSSR count). The summed E-state index contributed by atoms with van der Waals surface area (Å²) in [6, 6.07) is 17.6. The topological polar surface area (TPSA) is 83.7 Å². The lowest BCUT2D eigenvalue weighted by Gasteiger charge is -2.32. The molecule has 8 nitrogen and oxygen atoms in total. The van der Waals surface area contributed by atoms with Crippen molar-refractivity contribution in [2.75, 3.05) is 39.8 Å². The molecule has 0 saturated carbocycles. The largest absolute Gasteiger partial charge is 0.491 e. The minimum atomic E-state index is -0.689. The fourth-order valence-electron chi connectivity index (χ4n) is 4.27. The van der Waals surface area contributed by atoms with Gasteiger partial charge < -0.3 is 19.3 Å². The normalized spacial score (nSPS) is 15.5. The lowest BCUT2D eigenvalue weighted by Crippen LogP contribution is -2.51. The van der Waals surface area contributed by atoms with Crippen molar-refractivity contribution in [3.8, 4) is 22.6 Å². The molecule has 1 fully saturated rings. The van der Waals surface area contributed by atoms with E-state index < -0.39 is 6.10 Å². The Morgan fingerprint density at radius 1 is 1.09 bits per heavy atom. The number of likely N-dealkylation sites (N-methyl/N-ethyl adjacent to an activating group) is 1. The minimum absolute atomic E-state index is 0.0686. The van der Waals surface area contributed by atoms with Crippen molar-refractivity contribution in [2.24, 2.45) is 0 Å². The van der Waals surface area contributed by atoms with Crippen molar-refractivity contribution in [3.05, 3.63) is 72.3 Å². The Labute approximate surface area is 208 Å².